The summed E-state index contributed by atoms with van der Waals surface area (Å²) in [4.78, 5) is 19.7. The van der Waals surface area contributed by atoms with E-state index >= 15 is 0 Å². The van der Waals surface area contributed by atoms with Gasteiger partial charge in [-0.15, -0.1) is 11.1 Å². The van der Waals surface area contributed by atoms with Crippen molar-refractivity contribution in [2.24, 2.45) is 0 Å². The summed E-state index contributed by atoms with van der Waals surface area (Å²) < 4.78 is 0. The van der Waals surface area contributed by atoms with Gasteiger partial charge in [0.2, 0.25) is 0 Å². The van der Waals surface area contributed by atoms with E-state index in [9.17, 15) is 0 Å². The number of allylic oxidation sites excluding steroid dienone is 4. The molecule has 5 heterocycles. The van der Waals surface area contributed by atoms with Crippen molar-refractivity contribution in [3.05, 3.63) is 118 Å². The zero-order valence-corrected chi connectivity index (χ0v) is 50.0. The topological polar surface area (TPSA) is 57.4 Å². The minimum atomic E-state index is -1.59. The molecule has 0 aliphatic carbocycles. The van der Waals surface area contributed by atoms with E-state index < -0.39 is 16.1 Å². The van der Waals surface area contributed by atoms with Crippen LogP contribution in [0.25, 0.3) is 66.6 Å². The molecule has 8 bridgehead atoms. The Morgan fingerprint density at radius 3 is 1.11 bits per heavy atom. The normalized spacial score (nSPS) is 12.8. The highest BCUT2D eigenvalue weighted by atomic mass is 28.3. The van der Waals surface area contributed by atoms with Crippen LogP contribution in [0.3, 0.4) is 0 Å². The Morgan fingerprint density at radius 1 is 0.405 bits per heavy atom. The van der Waals surface area contributed by atoms with Crippen LogP contribution in [0.4, 0.5) is 0 Å². The number of rotatable bonds is 22. The van der Waals surface area contributed by atoms with E-state index in [1.165, 1.54) is 133 Å². The number of aromatic amines is 2. The summed E-state index contributed by atoms with van der Waals surface area (Å²) in [5.41, 5.74) is 31.3. The van der Waals surface area contributed by atoms with Crippen molar-refractivity contribution in [3.8, 4) is 45.2 Å². The van der Waals surface area contributed by atoms with Crippen LogP contribution in [0.5, 0.6) is 0 Å². The molecule has 2 aliphatic rings. The fourth-order valence-corrected chi connectivity index (χ4v) is 11.7. The van der Waals surface area contributed by atoms with E-state index in [2.05, 4.69) is 187 Å². The number of unbranched alkanes of at least 4 members (excludes halogenated alkanes) is 12. The Balaban J connectivity index is 1.63. The van der Waals surface area contributed by atoms with Crippen molar-refractivity contribution < 1.29 is 0 Å². The summed E-state index contributed by atoms with van der Waals surface area (Å²) in [6, 6.07) is 27.7. The molecule has 0 fully saturated rings. The van der Waals surface area contributed by atoms with E-state index in [0.717, 1.165) is 107 Å². The van der Waals surface area contributed by atoms with Crippen LogP contribution in [0.15, 0.2) is 72.8 Å². The first-order chi connectivity index (χ1) is 35.6. The molecular formula is C68H90N4Si2. The number of aryl methyl sites for hydroxylation is 2. The van der Waals surface area contributed by atoms with Gasteiger partial charge in [0.05, 0.1) is 22.8 Å². The summed E-state index contributed by atoms with van der Waals surface area (Å²) in [5, 5.41) is 0. The zero-order chi connectivity index (χ0) is 52.8. The predicted octanol–water partition coefficient (Wildman–Crippen LogP) is 20.2. The Kier molecular flexibility index (Phi) is 20.1. The molecule has 2 aliphatic heterocycles. The molecular weight excluding hydrogens is 929 g/mol. The number of nitrogens with one attached hydrogen (secondary N) is 2. The van der Waals surface area contributed by atoms with Crippen LogP contribution in [0.2, 0.25) is 39.3 Å². The molecule has 0 saturated carbocycles. The lowest BCUT2D eigenvalue weighted by molar-refractivity contribution is 0.669. The lowest BCUT2D eigenvalue weighted by Gasteiger charge is -2.09. The maximum Gasteiger partial charge on any atom is 0.129 e. The Hall–Kier alpha value is -5.41. The van der Waals surface area contributed by atoms with Crippen molar-refractivity contribution >= 4 is 60.5 Å². The van der Waals surface area contributed by atoms with Gasteiger partial charge in [-0.25, -0.2) is 9.97 Å². The summed E-state index contributed by atoms with van der Waals surface area (Å²) >= 11 is 0. The lowest BCUT2D eigenvalue weighted by Crippen LogP contribution is -2.16. The van der Waals surface area contributed by atoms with Gasteiger partial charge in [-0.3, -0.25) is 0 Å². The molecule has 2 N–H and O–H groups in total. The standard InChI is InChI=1S/C68H90N4Si2/c1-13-17-21-25-35-55-49(5)59-45-65-68(54-34-30-32-52(44-54)40-42-74(10,11)12)58(38-28-24-20-16-4)64(72-65)48-62-56(36-26-22-18-14-2)50(6)60(70-62)46-66-67(53-33-29-31-51(43-53)39-41-73(7,8)9)57(37-27-23-19-15-3)63(71-66)47-61(55)69-59/h29-34,43-48,71-72H,13-28,35-38H2,1-12H3. The molecule has 2 aromatic carbocycles. The van der Waals surface area contributed by atoms with Crippen LogP contribution >= 0.6 is 0 Å². The Morgan fingerprint density at radius 2 is 0.757 bits per heavy atom. The summed E-state index contributed by atoms with van der Waals surface area (Å²) in [6.45, 7) is 27.8. The van der Waals surface area contributed by atoms with Crippen LogP contribution in [-0.4, -0.2) is 36.1 Å². The number of nitrogens with zero attached hydrogens (tertiary/aromatic N) is 2. The molecule has 0 atom stereocenters. The van der Waals surface area contributed by atoms with E-state index in [0.29, 0.717) is 0 Å². The smallest absolute Gasteiger partial charge is 0.129 e. The van der Waals surface area contributed by atoms with Crippen molar-refractivity contribution in [1.82, 2.24) is 19.9 Å². The van der Waals surface area contributed by atoms with Crippen LogP contribution in [0, 0.1) is 22.9 Å². The highest BCUT2D eigenvalue weighted by Gasteiger charge is 2.24. The van der Waals surface area contributed by atoms with Crippen molar-refractivity contribution in [3.63, 3.8) is 0 Å². The highest BCUT2D eigenvalue weighted by Crippen LogP contribution is 2.42. The molecule has 0 saturated heterocycles. The van der Waals surface area contributed by atoms with Gasteiger partial charge in [-0.1, -0.05) is 180 Å². The minimum Gasteiger partial charge on any atom is -0.355 e. The van der Waals surface area contributed by atoms with Gasteiger partial charge in [0.25, 0.3) is 0 Å². The minimum absolute atomic E-state index is 0.979. The molecule has 0 amide bonds. The first kappa shape index (κ1) is 56.3. The molecule has 74 heavy (non-hydrogen) atoms. The molecule has 4 nitrogen and oxygen atoms in total. The van der Waals surface area contributed by atoms with Gasteiger partial charge in [-0.2, -0.15) is 0 Å². The highest BCUT2D eigenvalue weighted by molar-refractivity contribution is 6.84. The van der Waals surface area contributed by atoms with Gasteiger partial charge in [0, 0.05) is 44.3 Å². The second kappa shape index (κ2) is 26.4. The van der Waals surface area contributed by atoms with Crippen LogP contribution < -0.4 is 0 Å². The SMILES string of the molecule is CCCCCCC1=C(C)c2cc3[nH]c(cc4nc(cc5[nH]c(cc1n2)c(CCCCCC)c5-c1cccc(C#C[Si](C)(C)C)c1)C(C)=C4CCCCCC)c(CCCCCC)c3-c1cccc(C#C[Si](C)(C)C)c1. The Bertz CT molecular complexity index is 2910. The Labute approximate surface area is 450 Å². The fraction of sp³-hybridized carbons (Fsp3) is 0.471. The molecule has 0 unspecified atom stereocenters. The molecule has 390 valence electrons. The third-order valence-corrected chi connectivity index (χ3v) is 16.6. The number of hydrogen-bond acceptors (Lipinski definition) is 2. The number of hydrogen-bond donors (Lipinski definition) is 2. The first-order valence-corrected chi connectivity index (χ1v) is 36.1. The second-order valence-corrected chi connectivity index (χ2v) is 33.1. The third-order valence-electron chi connectivity index (χ3n) is 14.8. The molecule has 0 radical (unpaired) electrons. The number of fused-ring (bicyclic) bond motifs is 8. The number of benzene rings is 2. The van der Waals surface area contributed by atoms with E-state index in [-0.39, 0.29) is 0 Å². The van der Waals surface area contributed by atoms with Gasteiger partial charge in [0.15, 0.2) is 0 Å². The summed E-state index contributed by atoms with van der Waals surface area (Å²) in [6.07, 6.45) is 23.2. The largest absolute Gasteiger partial charge is 0.355 e. The van der Waals surface area contributed by atoms with Crippen molar-refractivity contribution in [2.45, 2.75) is 209 Å². The maximum absolute atomic E-state index is 5.72. The number of aromatic nitrogens is 4. The lowest BCUT2D eigenvalue weighted by atomic mass is 9.94. The quantitative estimate of drug-likeness (QED) is 0.0412. The molecule has 3 aromatic heterocycles. The average molecular weight is 1020 g/mol. The third kappa shape index (κ3) is 14.9. The van der Waals surface area contributed by atoms with Gasteiger partial charge >= 0.3 is 0 Å². The maximum atomic E-state index is 5.72. The summed E-state index contributed by atoms with van der Waals surface area (Å²) in [5.74, 6) is 7.21. The van der Waals surface area contributed by atoms with Crippen molar-refractivity contribution in [1.29, 1.82) is 0 Å². The molecule has 0 spiro atoms. The number of H-pyrrole nitrogens is 2. The van der Waals surface area contributed by atoms with Crippen LogP contribution in [-0.2, 0) is 12.8 Å². The van der Waals surface area contributed by atoms with Gasteiger partial charge < -0.3 is 9.97 Å². The zero-order valence-electron chi connectivity index (χ0n) is 48.0. The van der Waals surface area contributed by atoms with E-state index in [4.69, 9.17) is 9.97 Å². The molecule has 6 heteroatoms. The van der Waals surface area contributed by atoms with Gasteiger partial charge in [-0.05, 0) is 158 Å². The van der Waals surface area contributed by atoms with E-state index in [1.54, 1.807) is 0 Å². The molecule has 5 aromatic rings. The van der Waals surface area contributed by atoms with Crippen molar-refractivity contribution in [2.75, 3.05) is 0 Å². The summed E-state index contributed by atoms with van der Waals surface area (Å²) in [7, 11) is -3.19. The fourth-order valence-electron chi connectivity index (χ4n) is 10.7. The van der Waals surface area contributed by atoms with Crippen LogP contribution in [0.1, 0.15) is 202 Å². The second-order valence-electron chi connectivity index (χ2n) is 23.6. The molecule has 7 rings (SSSR count). The van der Waals surface area contributed by atoms with E-state index in [1.807, 2.05) is 0 Å². The average Bonchev–Trinajstić information content (AvgIpc) is 4.07. The predicted molar refractivity (Wildman–Crippen MR) is 331 cm³/mol. The monoisotopic (exact) mass is 1020 g/mol. The van der Waals surface area contributed by atoms with Gasteiger partial charge in [0.1, 0.15) is 16.1 Å². The first-order valence-electron chi connectivity index (χ1n) is 29.1.